The highest BCUT2D eigenvalue weighted by Crippen LogP contribution is 2.24. The number of aromatic nitrogens is 1. The summed E-state index contributed by atoms with van der Waals surface area (Å²) < 4.78 is 1.96. The van der Waals surface area contributed by atoms with Crippen molar-refractivity contribution in [2.45, 2.75) is 59.0 Å². The highest BCUT2D eigenvalue weighted by Gasteiger charge is 2.22. The lowest BCUT2D eigenvalue weighted by atomic mass is 9.90. The number of hydrogen-bond donors (Lipinski definition) is 1. The number of nitrogens with one attached hydrogen (secondary N) is 1. The minimum Gasteiger partial charge on any atom is -0.315 e. The average molecular weight is 250 g/mol. The van der Waals surface area contributed by atoms with Gasteiger partial charge in [-0.3, -0.25) is 4.79 Å². The van der Waals surface area contributed by atoms with Crippen LogP contribution < -0.4 is 10.9 Å². The van der Waals surface area contributed by atoms with Crippen LogP contribution in [0.3, 0.4) is 0 Å². The molecule has 0 aliphatic heterocycles. The lowest BCUT2D eigenvalue weighted by Gasteiger charge is -2.28. The molecule has 0 saturated heterocycles. The Balaban J connectivity index is 3.47. The normalized spacial score (nSPS) is 13.7. The number of nitrogens with zero attached hydrogens (tertiary/aromatic N) is 1. The van der Waals surface area contributed by atoms with Gasteiger partial charge in [0.25, 0.3) is 5.56 Å². The van der Waals surface area contributed by atoms with Crippen molar-refractivity contribution in [1.29, 1.82) is 0 Å². The Bertz CT molecular complexity index is 455. The zero-order valence-corrected chi connectivity index (χ0v) is 12.5. The third-order valence-corrected chi connectivity index (χ3v) is 3.36. The SMILES string of the molecule is CCC(C)n1c(C(C)(C)C)ccc(CNC)c1=O. The molecule has 3 heteroatoms. The molecule has 0 aliphatic carbocycles. The van der Waals surface area contributed by atoms with E-state index in [0.717, 1.165) is 17.7 Å². The summed E-state index contributed by atoms with van der Waals surface area (Å²) in [5.74, 6) is 0. The van der Waals surface area contributed by atoms with Crippen LogP contribution in [0.4, 0.5) is 0 Å². The van der Waals surface area contributed by atoms with Gasteiger partial charge in [-0.1, -0.05) is 33.8 Å². The number of rotatable bonds is 4. The summed E-state index contributed by atoms with van der Waals surface area (Å²) in [5, 5.41) is 3.05. The van der Waals surface area contributed by atoms with E-state index in [1.54, 1.807) is 0 Å². The molecule has 102 valence electrons. The fourth-order valence-corrected chi connectivity index (χ4v) is 2.15. The molecule has 0 aliphatic rings. The lowest BCUT2D eigenvalue weighted by molar-refractivity contribution is 0.435. The Morgan fingerprint density at radius 1 is 1.33 bits per heavy atom. The first-order valence-electron chi connectivity index (χ1n) is 6.72. The summed E-state index contributed by atoms with van der Waals surface area (Å²) in [6.45, 7) is 11.3. The van der Waals surface area contributed by atoms with Gasteiger partial charge in [-0.2, -0.15) is 0 Å². The molecule has 1 rings (SSSR count). The highest BCUT2D eigenvalue weighted by atomic mass is 16.1. The summed E-state index contributed by atoms with van der Waals surface area (Å²) in [6, 6.07) is 4.29. The molecule has 1 unspecified atom stereocenters. The second-order valence-corrected chi connectivity index (χ2v) is 5.96. The van der Waals surface area contributed by atoms with E-state index in [1.165, 1.54) is 0 Å². The Kier molecular flexibility index (Phi) is 4.74. The molecule has 1 atom stereocenters. The lowest BCUT2D eigenvalue weighted by Crippen LogP contribution is -2.34. The topological polar surface area (TPSA) is 34.0 Å². The van der Waals surface area contributed by atoms with E-state index >= 15 is 0 Å². The second-order valence-electron chi connectivity index (χ2n) is 5.96. The molecular weight excluding hydrogens is 224 g/mol. The average Bonchev–Trinajstić information content (AvgIpc) is 2.29. The molecule has 1 heterocycles. The van der Waals surface area contributed by atoms with Gasteiger partial charge in [0, 0.05) is 29.3 Å². The van der Waals surface area contributed by atoms with Crippen LogP contribution >= 0.6 is 0 Å². The zero-order valence-electron chi connectivity index (χ0n) is 12.5. The van der Waals surface area contributed by atoms with Crippen LogP contribution in [-0.2, 0) is 12.0 Å². The fraction of sp³-hybridized carbons (Fsp3) is 0.667. The molecule has 1 aromatic heterocycles. The Labute approximate surface area is 110 Å². The van der Waals surface area contributed by atoms with Crippen LogP contribution in [0, 0.1) is 0 Å². The van der Waals surface area contributed by atoms with Crippen LogP contribution in [0.2, 0.25) is 0 Å². The maximum absolute atomic E-state index is 12.5. The van der Waals surface area contributed by atoms with Crippen molar-refractivity contribution in [2.75, 3.05) is 7.05 Å². The van der Waals surface area contributed by atoms with E-state index in [4.69, 9.17) is 0 Å². The van der Waals surface area contributed by atoms with Crippen molar-refractivity contribution in [3.63, 3.8) is 0 Å². The van der Waals surface area contributed by atoms with Crippen LogP contribution in [0.1, 0.15) is 58.3 Å². The maximum atomic E-state index is 12.5. The van der Waals surface area contributed by atoms with Crippen molar-refractivity contribution in [1.82, 2.24) is 9.88 Å². The Hall–Kier alpha value is -1.09. The van der Waals surface area contributed by atoms with Crippen LogP contribution in [0.15, 0.2) is 16.9 Å². The highest BCUT2D eigenvalue weighted by molar-refractivity contribution is 5.22. The summed E-state index contributed by atoms with van der Waals surface area (Å²) in [7, 11) is 1.87. The van der Waals surface area contributed by atoms with Gasteiger partial charge in [-0.15, -0.1) is 0 Å². The monoisotopic (exact) mass is 250 g/mol. The predicted octanol–water partition coefficient (Wildman–Crippen LogP) is 2.84. The van der Waals surface area contributed by atoms with E-state index < -0.39 is 0 Å². The van der Waals surface area contributed by atoms with Crippen molar-refractivity contribution in [3.8, 4) is 0 Å². The molecule has 0 bridgehead atoms. The largest absolute Gasteiger partial charge is 0.315 e. The van der Waals surface area contributed by atoms with Gasteiger partial charge in [0.05, 0.1) is 0 Å². The molecular formula is C15H26N2O. The quantitative estimate of drug-likeness (QED) is 0.891. The molecule has 1 aromatic rings. The van der Waals surface area contributed by atoms with Crippen LogP contribution in [0.25, 0.3) is 0 Å². The van der Waals surface area contributed by atoms with Gasteiger partial charge in [0.15, 0.2) is 0 Å². The van der Waals surface area contributed by atoms with Gasteiger partial charge in [-0.05, 0) is 26.5 Å². The molecule has 0 fully saturated rings. The summed E-state index contributed by atoms with van der Waals surface area (Å²) in [4.78, 5) is 12.5. The standard InChI is InChI=1S/C15H26N2O/c1-7-11(2)17-13(15(3,4)5)9-8-12(10-16-6)14(17)18/h8-9,11,16H,7,10H2,1-6H3. The summed E-state index contributed by atoms with van der Waals surface area (Å²) in [6.07, 6.45) is 0.964. The Morgan fingerprint density at radius 3 is 2.39 bits per heavy atom. The number of hydrogen-bond acceptors (Lipinski definition) is 2. The smallest absolute Gasteiger partial charge is 0.255 e. The molecule has 0 aromatic carbocycles. The first kappa shape index (κ1) is 15.0. The number of pyridine rings is 1. The third-order valence-electron chi connectivity index (χ3n) is 3.36. The van der Waals surface area contributed by atoms with Crippen molar-refractivity contribution in [2.24, 2.45) is 0 Å². The minimum atomic E-state index is -0.0131. The van der Waals surface area contributed by atoms with Gasteiger partial charge < -0.3 is 9.88 Å². The molecule has 0 spiro atoms. The minimum absolute atomic E-state index is 0.0131. The molecule has 0 radical (unpaired) electrons. The first-order chi connectivity index (χ1) is 8.32. The Morgan fingerprint density at radius 2 is 1.94 bits per heavy atom. The van der Waals surface area contributed by atoms with Crippen molar-refractivity contribution < 1.29 is 0 Å². The van der Waals surface area contributed by atoms with Crippen molar-refractivity contribution in [3.05, 3.63) is 33.7 Å². The van der Waals surface area contributed by atoms with E-state index in [1.807, 2.05) is 17.7 Å². The molecule has 18 heavy (non-hydrogen) atoms. The summed E-state index contributed by atoms with van der Waals surface area (Å²) in [5.41, 5.74) is 2.08. The van der Waals surface area contributed by atoms with Gasteiger partial charge in [-0.25, -0.2) is 0 Å². The van der Waals surface area contributed by atoms with Gasteiger partial charge in [0.2, 0.25) is 0 Å². The molecule has 1 N–H and O–H groups in total. The predicted molar refractivity (Wildman–Crippen MR) is 77.2 cm³/mol. The second kappa shape index (κ2) is 5.70. The van der Waals surface area contributed by atoms with E-state index in [0.29, 0.717) is 6.54 Å². The van der Waals surface area contributed by atoms with Gasteiger partial charge >= 0.3 is 0 Å². The van der Waals surface area contributed by atoms with Crippen LogP contribution in [-0.4, -0.2) is 11.6 Å². The van der Waals surface area contributed by atoms with E-state index in [9.17, 15) is 4.79 Å². The van der Waals surface area contributed by atoms with Crippen LogP contribution in [0.5, 0.6) is 0 Å². The third kappa shape index (κ3) is 3.02. The maximum Gasteiger partial charge on any atom is 0.255 e. The fourth-order valence-electron chi connectivity index (χ4n) is 2.15. The molecule has 0 amide bonds. The molecule has 3 nitrogen and oxygen atoms in total. The zero-order chi connectivity index (χ0) is 13.9. The summed E-state index contributed by atoms with van der Waals surface area (Å²) >= 11 is 0. The van der Waals surface area contributed by atoms with E-state index in [2.05, 4.69) is 46.0 Å². The van der Waals surface area contributed by atoms with Crippen molar-refractivity contribution >= 4 is 0 Å². The first-order valence-corrected chi connectivity index (χ1v) is 6.72. The molecule has 0 saturated carbocycles. The van der Waals surface area contributed by atoms with E-state index in [-0.39, 0.29) is 17.0 Å². The van der Waals surface area contributed by atoms with Gasteiger partial charge in [0.1, 0.15) is 0 Å².